The first-order valence-electron chi connectivity index (χ1n) is 12.4. The van der Waals surface area contributed by atoms with Gasteiger partial charge in [0.25, 0.3) is 0 Å². The van der Waals surface area contributed by atoms with Crippen LogP contribution in [0.4, 0.5) is 0 Å². The van der Waals surface area contributed by atoms with Crippen molar-refractivity contribution >= 4 is 12.3 Å². The SMILES string of the molecule is C/C=C(\C)C(=O)OC1CC2C(CC=C3CC(O)CCC32C)C2CCC(C=O)C12C.CC. The first-order valence-corrected chi connectivity index (χ1v) is 12.4. The van der Waals surface area contributed by atoms with Crippen molar-refractivity contribution < 1.29 is 19.4 Å². The van der Waals surface area contributed by atoms with E-state index in [4.69, 9.17) is 4.74 Å². The van der Waals surface area contributed by atoms with Gasteiger partial charge in [0.1, 0.15) is 12.4 Å². The van der Waals surface area contributed by atoms with Crippen LogP contribution in [0, 0.1) is 34.5 Å². The zero-order chi connectivity index (χ0) is 23.0. The number of carbonyl (C=O) groups is 2. The number of aliphatic hydroxyl groups excluding tert-OH is 1. The van der Waals surface area contributed by atoms with E-state index < -0.39 is 0 Å². The predicted octanol–water partition coefficient (Wildman–Crippen LogP) is 5.64. The molecule has 31 heavy (non-hydrogen) atoms. The molecule has 0 bridgehead atoms. The number of ether oxygens (including phenoxy) is 1. The molecule has 0 aromatic heterocycles. The molecule has 4 heteroatoms. The third-order valence-electron chi connectivity index (χ3n) is 9.39. The van der Waals surface area contributed by atoms with Gasteiger partial charge >= 0.3 is 5.97 Å². The predicted molar refractivity (Wildman–Crippen MR) is 123 cm³/mol. The summed E-state index contributed by atoms with van der Waals surface area (Å²) in [4.78, 5) is 24.7. The molecule has 3 saturated carbocycles. The molecular formula is C27H42O4. The number of rotatable bonds is 3. The maximum atomic E-state index is 12.7. The van der Waals surface area contributed by atoms with Gasteiger partial charge in [-0.25, -0.2) is 4.79 Å². The topological polar surface area (TPSA) is 63.6 Å². The van der Waals surface area contributed by atoms with Crippen molar-refractivity contribution in [1.29, 1.82) is 0 Å². The largest absolute Gasteiger partial charge is 0.458 e. The summed E-state index contributed by atoms with van der Waals surface area (Å²) in [6.07, 6.45) is 11.3. The maximum Gasteiger partial charge on any atom is 0.333 e. The Labute approximate surface area is 188 Å². The molecule has 4 aliphatic carbocycles. The third-order valence-corrected chi connectivity index (χ3v) is 9.39. The zero-order valence-corrected chi connectivity index (χ0v) is 20.3. The number of aldehydes is 1. The molecule has 4 nitrogen and oxygen atoms in total. The Kier molecular flexibility index (Phi) is 7.20. The van der Waals surface area contributed by atoms with Gasteiger partial charge in [-0.1, -0.05) is 45.4 Å². The summed E-state index contributed by atoms with van der Waals surface area (Å²) in [5, 5.41) is 10.2. The minimum atomic E-state index is -0.275. The summed E-state index contributed by atoms with van der Waals surface area (Å²) in [5.41, 5.74) is 1.83. The van der Waals surface area contributed by atoms with E-state index in [0.29, 0.717) is 23.3 Å². The van der Waals surface area contributed by atoms with Crippen molar-refractivity contribution in [2.45, 2.75) is 98.7 Å². The van der Waals surface area contributed by atoms with Crippen LogP contribution in [-0.4, -0.2) is 29.6 Å². The maximum absolute atomic E-state index is 12.7. The summed E-state index contributed by atoms with van der Waals surface area (Å²) in [7, 11) is 0. The molecule has 3 fully saturated rings. The Balaban J connectivity index is 0.00000132. The quantitative estimate of drug-likeness (QED) is 0.272. The zero-order valence-electron chi connectivity index (χ0n) is 20.3. The molecule has 0 saturated heterocycles. The minimum Gasteiger partial charge on any atom is -0.458 e. The molecule has 0 aliphatic heterocycles. The fraction of sp³-hybridized carbons (Fsp3) is 0.778. The van der Waals surface area contributed by atoms with Gasteiger partial charge in [0.05, 0.1) is 6.10 Å². The van der Waals surface area contributed by atoms with E-state index in [1.807, 2.05) is 20.8 Å². The number of hydrogen-bond donors (Lipinski definition) is 1. The van der Waals surface area contributed by atoms with E-state index in [-0.39, 0.29) is 34.9 Å². The highest BCUT2D eigenvalue weighted by atomic mass is 16.5. The second-order valence-corrected chi connectivity index (χ2v) is 10.4. The van der Waals surface area contributed by atoms with Gasteiger partial charge in [-0.15, -0.1) is 0 Å². The highest BCUT2D eigenvalue weighted by molar-refractivity contribution is 5.87. The van der Waals surface area contributed by atoms with Crippen LogP contribution in [0.15, 0.2) is 23.3 Å². The van der Waals surface area contributed by atoms with E-state index in [1.165, 1.54) is 5.57 Å². The molecular weight excluding hydrogens is 388 g/mol. The molecule has 0 aromatic carbocycles. The van der Waals surface area contributed by atoms with Gasteiger partial charge in [0.2, 0.25) is 0 Å². The van der Waals surface area contributed by atoms with Crippen molar-refractivity contribution in [3.63, 3.8) is 0 Å². The third kappa shape index (κ3) is 3.83. The second-order valence-electron chi connectivity index (χ2n) is 10.4. The van der Waals surface area contributed by atoms with Crippen LogP contribution >= 0.6 is 0 Å². The van der Waals surface area contributed by atoms with Crippen molar-refractivity contribution in [2.75, 3.05) is 0 Å². The number of carbonyl (C=O) groups excluding carboxylic acids is 2. The molecule has 1 N–H and O–H groups in total. The average molecular weight is 431 g/mol. The van der Waals surface area contributed by atoms with E-state index >= 15 is 0 Å². The molecule has 0 heterocycles. The van der Waals surface area contributed by atoms with Crippen LogP contribution in [0.25, 0.3) is 0 Å². The van der Waals surface area contributed by atoms with Gasteiger partial charge < -0.3 is 14.6 Å². The van der Waals surface area contributed by atoms with Crippen molar-refractivity contribution in [3.05, 3.63) is 23.3 Å². The average Bonchev–Trinajstić information content (AvgIpc) is 3.13. The Morgan fingerprint density at radius 2 is 1.90 bits per heavy atom. The smallest absolute Gasteiger partial charge is 0.333 e. The lowest BCUT2D eigenvalue weighted by Crippen LogP contribution is -2.57. The van der Waals surface area contributed by atoms with Crippen LogP contribution in [0.1, 0.15) is 86.5 Å². The molecule has 0 spiro atoms. The normalized spacial score (nSPS) is 44.0. The van der Waals surface area contributed by atoms with Gasteiger partial charge in [0, 0.05) is 16.9 Å². The molecule has 0 amide bonds. The first-order chi connectivity index (χ1) is 14.8. The molecule has 8 atom stereocenters. The fourth-order valence-corrected chi connectivity index (χ4v) is 7.37. The van der Waals surface area contributed by atoms with Crippen LogP contribution in [-0.2, 0) is 14.3 Å². The molecule has 4 rings (SSSR count). The summed E-state index contributed by atoms with van der Waals surface area (Å²) in [6.45, 7) is 12.2. The van der Waals surface area contributed by atoms with E-state index in [0.717, 1.165) is 51.2 Å². The van der Waals surface area contributed by atoms with Gasteiger partial charge in [0.15, 0.2) is 0 Å². The molecule has 0 aromatic rings. The van der Waals surface area contributed by atoms with Crippen molar-refractivity contribution in [3.8, 4) is 0 Å². The number of allylic oxidation sites excluding steroid dienone is 2. The molecule has 8 unspecified atom stereocenters. The van der Waals surface area contributed by atoms with Crippen molar-refractivity contribution in [2.24, 2.45) is 34.5 Å². The molecule has 0 radical (unpaired) electrons. The van der Waals surface area contributed by atoms with Crippen LogP contribution < -0.4 is 0 Å². The van der Waals surface area contributed by atoms with Gasteiger partial charge in [-0.05, 0) is 82.0 Å². The minimum absolute atomic E-state index is 0.0384. The summed E-state index contributed by atoms with van der Waals surface area (Å²) in [5.74, 6) is 1.10. The highest BCUT2D eigenvalue weighted by Gasteiger charge is 2.63. The van der Waals surface area contributed by atoms with Crippen molar-refractivity contribution in [1.82, 2.24) is 0 Å². The number of esters is 1. The lowest BCUT2D eigenvalue weighted by atomic mass is 9.46. The van der Waals surface area contributed by atoms with Gasteiger partial charge in [-0.3, -0.25) is 0 Å². The summed E-state index contributed by atoms with van der Waals surface area (Å²) < 4.78 is 6.15. The Bertz CT molecular complexity index is 752. The summed E-state index contributed by atoms with van der Waals surface area (Å²) >= 11 is 0. The Morgan fingerprint density at radius 1 is 1.19 bits per heavy atom. The number of aliphatic hydroxyl groups is 1. The standard InChI is InChI=1S/C25H36O4.C2H6/c1-5-15(2)23(28)29-22-13-21-19(20-9-7-17(14-26)25(20,22)4)8-6-16-12-18(27)10-11-24(16,21)3;1-2/h5-6,14,17-22,27H,7-13H2,1-4H3;1-2H3/b15-5+;. The lowest BCUT2D eigenvalue weighted by Gasteiger charge is -2.59. The van der Waals surface area contributed by atoms with E-state index in [9.17, 15) is 14.7 Å². The first kappa shape index (κ1) is 24.2. The number of hydrogen-bond acceptors (Lipinski definition) is 4. The second kappa shape index (κ2) is 9.21. The molecule has 4 aliphatic rings. The monoisotopic (exact) mass is 430 g/mol. The molecule has 174 valence electrons. The highest BCUT2D eigenvalue weighted by Crippen LogP contribution is 2.66. The summed E-state index contributed by atoms with van der Waals surface area (Å²) in [6, 6.07) is 0. The van der Waals surface area contributed by atoms with Crippen LogP contribution in [0.2, 0.25) is 0 Å². The van der Waals surface area contributed by atoms with E-state index in [2.05, 4.69) is 19.9 Å². The fourth-order valence-electron chi connectivity index (χ4n) is 7.37. The van der Waals surface area contributed by atoms with Gasteiger partial charge in [-0.2, -0.15) is 0 Å². The van der Waals surface area contributed by atoms with Crippen LogP contribution in [0.3, 0.4) is 0 Å². The Hall–Kier alpha value is -1.42. The number of fused-ring (bicyclic) bond motifs is 5. The van der Waals surface area contributed by atoms with E-state index in [1.54, 1.807) is 13.0 Å². The Morgan fingerprint density at radius 3 is 2.55 bits per heavy atom. The lowest BCUT2D eigenvalue weighted by molar-refractivity contribution is -0.176. The van der Waals surface area contributed by atoms with Crippen LogP contribution in [0.5, 0.6) is 0 Å².